The van der Waals surface area contributed by atoms with Gasteiger partial charge in [0.25, 0.3) is 0 Å². The largest absolute Gasteiger partial charge is 0.382 e. The fourth-order valence-electron chi connectivity index (χ4n) is 3.99. The van der Waals surface area contributed by atoms with Gasteiger partial charge in [0.05, 0.1) is 6.54 Å². The third-order valence-electron chi connectivity index (χ3n) is 5.59. The summed E-state index contributed by atoms with van der Waals surface area (Å²) in [6, 6.07) is 9.66. The number of hydrogen-bond acceptors (Lipinski definition) is 5. The van der Waals surface area contributed by atoms with Crippen LogP contribution in [0, 0.1) is 17.5 Å². The first-order valence-electron chi connectivity index (χ1n) is 10.1. The van der Waals surface area contributed by atoms with E-state index in [1.54, 1.807) is 12.1 Å². The van der Waals surface area contributed by atoms with Crippen LogP contribution in [0.2, 0.25) is 0 Å². The van der Waals surface area contributed by atoms with Gasteiger partial charge in [0.1, 0.15) is 35.7 Å². The zero-order chi connectivity index (χ0) is 21.8. The lowest BCUT2D eigenvalue weighted by atomic mass is 9.92. The molecule has 6 nitrogen and oxygen atoms in total. The van der Waals surface area contributed by atoms with Crippen molar-refractivity contribution in [3.63, 3.8) is 0 Å². The molecule has 2 aromatic carbocycles. The van der Waals surface area contributed by atoms with Gasteiger partial charge in [0, 0.05) is 50.9 Å². The summed E-state index contributed by atoms with van der Waals surface area (Å²) in [5.74, 6) is -1.75. The lowest BCUT2D eigenvalue weighted by Gasteiger charge is -2.39. The van der Waals surface area contributed by atoms with Gasteiger partial charge in [-0.2, -0.15) is 5.10 Å². The number of benzene rings is 2. The first-order valence-corrected chi connectivity index (χ1v) is 10.1. The van der Waals surface area contributed by atoms with Crippen molar-refractivity contribution in [1.29, 1.82) is 0 Å². The molecule has 0 aliphatic carbocycles. The van der Waals surface area contributed by atoms with Crippen LogP contribution in [0.25, 0.3) is 0 Å². The van der Waals surface area contributed by atoms with Crippen LogP contribution in [0.15, 0.2) is 55.1 Å². The minimum atomic E-state index is -1.61. The number of halogens is 3. The molecule has 3 aromatic rings. The number of hydrogen-bond donors (Lipinski definition) is 1. The van der Waals surface area contributed by atoms with Crippen molar-refractivity contribution >= 4 is 0 Å². The summed E-state index contributed by atoms with van der Waals surface area (Å²) in [7, 11) is 0. The number of rotatable bonds is 7. The maximum absolute atomic E-state index is 14.6. The highest BCUT2D eigenvalue weighted by atomic mass is 19.1. The number of piperazine rings is 1. The average molecular weight is 431 g/mol. The molecule has 1 fully saturated rings. The molecule has 0 saturated carbocycles. The van der Waals surface area contributed by atoms with Crippen LogP contribution >= 0.6 is 0 Å². The molecular formula is C22H24F3N5O. The first-order chi connectivity index (χ1) is 14.9. The third-order valence-corrected chi connectivity index (χ3v) is 5.59. The van der Waals surface area contributed by atoms with Crippen LogP contribution < -0.4 is 0 Å². The summed E-state index contributed by atoms with van der Waals surface area (Å²) in [5.41, 5.74) is -0.547. The summed E-state index contributed by atoms with van der Waals surface area (Å²) in [6.45, 7) is 3.72. The van der Waals surface area contributed by atoms with E-state index in [4.69, 9.17) is 0 Å². The smallest absolute Gasteiger partial charge is 0.137 e. The molecule has 31 heavy (non-hydrogen) atoms. The van der Waals surface area contributed by atoms with Crippen LogP contribution in [0.4, 0.5) is 13.2 Å². The summed E-state index contributed by atoms with van der Waals surface area (Å²) < 4.78 is 42.5. The molecule has 1 unspecified atom stereocenters. The Hall–Kier alpha value is -2.75. The Balaban J connectivity index is 1.44. The number of β-amino-alcohol motifs (C(OH)–C–C–N with tert-alkyl or cyclic N) is 1. The van der Waals surface area contributed by atoms with Crippen LogP contribution in [0.3, 0.4) is 0 Å². The quantitative estimate of drug-likeness (QED) is 0.623. The molecule has 1 N–H and O–H groups in total. The van der Waals surface area contributed by atoms with Crippen LogP contribution in [0.1, 0.15) is 11.1 Å². The van der Waals surface area contributed by atoms with Crippen LogP contribution in [-0.4, -0.2) is 62.4 Å². The monoisotopic (exact) mass is 431 g/mol. The maximum atomic E-state index is 14.6. The van der Waals surface area contributed by atoms with Gasteiger partial charge in [-0.3, -0.25) is 9.80 Å². The van der Waals surface area contributed by atoms with E-state index >= 15 is 0 Å². The summed E-state index contributed by atoms with van der Waals surface area (Å²) in [6.07, 6.45) is 2.79. The highest BCUT2D eigenvalue weighted by Gasteiger charge is 2.36. The lowest BCUT2D eigenvalue weighted by molar-refractivity contribution is -0.0324. The maximum Gasteiger partial charge on any atom is 0.137 e. The third kappa shape index (κ3) is 5.30. The van der Waals surface area contributed by atoms with Crippen LogP contribution in [-0.2, 0) is 18.7 Å². The van der Waals surface area contributed by atoms with Gasteiger partial charge < -0.3 is 5.11 Å². The second kappa shape index (κ2) is 9.17. The Kier molecular flexibility index (Phi) is 6.35. The summed E-state index contributed by atoms with van der Waals surface area (Å²) in [4.78, 5) is 8.19. The van der Waals surface area contributed by atoms with Crippen molar-refractivity contribution < 1.29 is 18.3 Å². The van der Waals surface area contributed by atoms with Crippen molar-refractivity contribution in [2.75, 3.05) is 32.7 Å². The van der Waals surface area contributed by atoms with Gasteiger partial charge >= 0.3 is 0 Å². The Morgan fingerprint density at radius 2 is 1.55 bits per heavy atom. The van der Waals surface area contributed by atoms with Gasteiger partial charge in [-0.15, -0.1) is 0 Å². The minimum absolute atomic E-state index is 0.00859. The number of aliphatic hydroxyl groups is 1. The Bertz CT molecular complexity index is 991. The van der Waals surface area contributed by atoms with Crippen LogP contribution in [0.5, 0.6) is 0 Å². The molecule has 1 aliphatic heterocycles. The molecular weight excluding hydrogens is 407 g/mol. The molecule has 1 aliphatic rings. The van der Waals surface area contributed by atoms with Crippen molar-refractivity contribution in [2.24, 2.45) is 0 Å². The van der Waals surface area contributed by atoms with Crippen molar-refractivity contribution in [3.05, 3.63) is 83.7 Å². The molecule has 0 bridgehead atoms. The highest BCUT2D eigenvalue weighted by Crippen LogP contribution is 2.28. The van der Waals surface area contributed by atoms with E-state index < -0.39 is 17.2 Å². The van der Waals surface area contributed by atoms with Crippen molar-refractivity contribution in [1.82, 2.24) is 24.6 Å². The Morgan fingerprint density at radius 1 is 0.871 bits per heavy atom. The summed E-state index contributed by atoms with van der Waals surface area (Å²) >= 11 is 0. The van der Waals surface area contributed by atoms with Crippen molar-refractivity contribution in [2.45, 2.75) is 18.7 Å². The number of aromatic nitrogens is 3. The predicted molar refractivity (Wildman–Crippen MR) is 108 cm³/mol. The van der Waals surface area contributed by atoms with E-state index in [1.807, 2.05) is 0 Å². The zero-order valence-electron chi connectivity index (χ0n) is 17.0. The molecule has 0 radical (unpaired) electrons. The molecule has 4 rings (SSSR count). The molecule has 9 heteroatoms. The fourth-order valence-corrected chi connectivity index (χ4v) is 3.99. The molecule has 0 amide bonds. The lowest BCUT2D eigenvalue weighted by Crippen LogP contribution is -2.52. The highest BCUT2D eigenvalue weighted by molar-refractivity contribution is 5.26. The molecule has 0 spiro atoms. The van der Waals surface area contributed by atoms with Crippen molar-refractivity contribution in [3.8, 4) is 0 Å². The molecule has 1 aromatic heterocycles. The van der Waals surface area contributed by atoms with E-state index in [0.29, 0.717) is 19.6 Å². The fraction of sp³-hybridized carbons (Fsp3) is 0.364. The second-order valence-corrected chi connectivity index (χ2v) is 7.93. The zero-order valence-corrected chi connectivity index (χ0v) is 17.0. The predicted octanol–water partition coefficient (Wildman–Crippen LogP) is 2.40. The molecule has 2 heterocycles. The van der Waals surface area contributed by atoms with E-state index in [0.717, 1.165) is 30.8 Å². The Labute approximate surface area is 178 Å². The topological polar surface area (TPSA) is 57.4 Å². The minimum Gasteiger partial charge on any atom is -0.382 e. The average Bonchev–Trinajstić information content (AvgIpc) is 3.23. The SMILES string of the molecule is OC(CN1CCN(Cc2ccc(F)cc2)CC1)(Cn1cncn1)c1ccc(F)cc1F. The Morgan fingerprint density at radius 3 is 2.19 bits per heavy atom. The normalized spacial score (nSPS) is 17.5. The van der Waals surface area contributed by atoms with Gasteiger partial charge in [-0.1, -0.05) is 18.2 Å². The second-order valence-electron chi connectivity index (χ2n) is 7.93. The number of nitrogens with zero attached hydrogens (tertiary/aromatic N) is 5. The van der Waals surface area contributed by atoms with E-state index in [9.17, 15) is 18.3 Å². The standard InChI is InChI=1S/C22H24F3N5O/c23-18-3-1-17(2-4-18)12-28-7-9-29(10-8-28)13-22(31,14-30-16-26-15-27-30)20-6-5-19(24)11-21(20)25/h1-6,11,15-16,31H,7-10,12-14H2. The molecule has 1 saturated heterocycles. The van der Waals surface area contributed by atoms with Gasteiger partial charge in [0.2, 0.25) is 0 Å². The van der Waals surface area contributed by atoms with E-state index in [2.05, 4.69) is 19.9 Å². The summed E-state index contributed by atoms with van der Waals surface area (Å²) in [5, 5.41) is 15.5. The molecule has 164 valence electrons. The van der Waals surface area contributed by atoms with E-state index in [-0.39, 0.29) is 24.5 Å². The first kappa shape index (κ1) is 21.5. The van der Waals surface area contributed by atoms with Gasteiger partial charge in [-0.25, -0.2) is 22.8 Å². The van der Waals surface area contributed by atoms with Gasteiger partial charge in [0.15, 0.2) is 0 Å². The molecule has 1 atom stereocenters. The van der Waals surface area contributed by atoms with Gasteiger partial charge in [-0.05, 0) is 23.8 Å². The van der Waals surface area contributed by atoms with E-state index in [1.165, 1.54) is 35.5 Å².